The molecule has 0 amide bonds. The Kier molecular flexibility index (Phi) is 5.78. The van der Waals surface area contributed by atoms with Crippen LogP contribution in [0.25, 0.3) is 0 Å². The van der Waals surface area contributed by atoms with Gasteiger partial charge in [0.1, 0.15) is 22.5 Å². The fraction of sp³-hybridized carbons (Fsp3) is 0. The summed E-state index contributed by atoms with van der Waals surface area (Å²) >= 11 is 5.78. The summed E-state index contributed by atoms with van der Waals surface area (Å²) in [4.78, 5) is -0.534. The molecule has 0 unspecified atom stereocenters. The van der Waals surface area contributed by atoms with Crippen molar-refractivity contribution in [1.29, 1.82) is 10.7 Å². The van der Waals surface area contributed by atoms with Gasteiger partial charge in [-0.15, -0.1) is 0 Å². The zero-order chi connectivity index (χ0) is 19.3. The van der Waals surface area contributed by atoms with E-state index >= 15 is 0 Å². The zero-order valence-electron chi connectivity index (χ0n) is 13.0. The van der Waals surface area contributed by atoms with Crippen molar-refractivity contribution < 1.29 is 17.7 Å². The summed E-state index contributed by atoms with van der Waals surface area (Å²) in [5.74, 6) is -0.0737. The van der Waals surface area contributed by atoms with Crippen molar-refractivity contribution in [3.63, 3.8) is 0 Å². The van der Waals surface area contributed by atoms with Crippen LogP contribution in [0.2, 0.25) is 5.02 Å². The van der Waals surface area contributed by atoms with E-state index in [4.69, 9.17) is 32.7 Å². The number of hydrazone groups is 1. The molecule has 0 fully saturated rings. The number of rotatable bonds is 6. The summed E-state index contributed by atoms with van der Waals surface area (Å²) in [5, 5.41) is 20.0. The van der Waals surface area contributed by atoms with Crippen molar-refractivity contribution in [2.75, 3.05) is 5.43 Å². The Morgan fingerprint density at radius 3 is 2.42 bits per heavy atom. The molecule has 0 saturated heterocycles. The summed E-state index contributed by atoms with van der Waals surface area (Å²) in [6, 6.07) is 11.7. The first kappa shape index (κ1) is 19.2. The Balaban J connectivity index is 2.37. The van der Waals surface area contributed by atoms with Crippen molar-refractivity contribution >= 4 is 39.0 Å². The zero-order valence-corrected chi connectivity index (χ0v) is 14.5. The SMILES string of the molecule is N#C/C(=N\Nc1ccc(Oc2ccc(Cl)cc2)cc1S(=O)(=O)O)C(=N)N. The van der Waals surface area contributed by atoms with E-state index in [1.54, 1.807) is 30.3 Å². The molecule has 0 aliphatic rings. The monoisotopic (exact) mass is 393 g/mol. The van der Waals surface area contributed by atoms with Crippen LogP contribution < -0.4 is 15.9 Å². The first-order valence-corrected chi connectivity index (χ1v) is 8.65. The quantitative estimate of drug-likeness (QED) is 0.253. The Morgan fingerprint density at radius 1 is 1.27 bits per heavy atom. The van der Waals surface area contributed by atoms with Crippen molar-refractivity contribution in [1.82, 2.24) is 0 Å². The lowest BCUT2D eigenvalue weighted by atomic mass is 10.3. The first-order valence-electron chi connectivity index (χ1n) is 6.84. The van der Waals surface area contributed by atoms with Crippen LogP contribution in [0.5, 0.6) is 11.5 Å². The maximum atomic E-state index is 11.6. The van der Waals surface area contributed by atoms with Gasteiger partial charge in [-0.25, -0.2) is 0 Å². The molecule has 11 heteroatoms. The van der Waals surface area contributed by atoms with Crippen LogP contribution in [0.1, 0.15) is 0 Å². The molecule has 26 heavy (non-hydrogen) atoms. The van der Waals surface area contributed by atoms with E-state index < -0.39 is 26.6 Å². The smallest absolute Gasteiger partial charge is 0.296 e. The number of benzene rings is 2. The molecule has 134 valence electrons. The Morgan fingerprint density at radius 2 is 1.88 bits per heavy atom. The second-order valence-corrected chi connectivity index (χ2v) is 6.61. The fourth-order valence-corrected chi connectivity index (χ4v) is 2.55. The molecule has 0 saturated carbocycles. The lowest BCUT2D eigenvalue weighted by Gasteiger charge is -2.10. The number of nitrogens with one attached hydrogen (secondary N) is 2. The van der Waals surface area contributed by atoms with Crippen LogP contribution in [-0.4, -0.2) is 24.5 Å². The van der Waals surface area contributed by atoms with Crippen LogP contribution in [-0.2, 0) is 10.1 Å². The van der Waals surface area contributed by atoms with Crippen molar-refractivity contribution in [3.8, 4) is 17.6 Å². The molecule has 0 bridgehead atoms. The van der Waals surface area contributed by atoms with Gasteiger partial charge >= 0.3 is 0 Å². The number of amidine groups is 1. The molecule has 0 aromatic heterocycles. The highest BCUT2D eigenvalue weighted by Gasteiger charge is 2.17. The van der Waals surface area contributed by atoms with Gasteiger partial charge in [-0.3, -0.25) is 15.4 Å². The molecular formula is C15H12ClN5O4S. The van der Waals surface area contributed by atoms with Crippen LogP contribution >= 0.6 is 11.6 Å². The molecular weight excluding hydrogens is 382 g/mol. The molecule has 0 radical (unpaired) electrons. The topological polar surface area (TPSA) is 162 Å². The lowest BCUT2D eigenvalue weighted by molar-refractivity contribution is 0.472. The Bertz CT molecular complexity index is 1010. The van der Waals surface area contributed by atoms with E-state index in [1.807, 2.05) is 0 Å². The highest BCUT2D eigenvalue weighted by Crippen LogP contribution is 2.30. The van der Waals surface area contributed by atoms with Gasteiger partial charge in [-0.1, -0.05) is 11.6 Å². The van der Waals surface area contributed by atoms with E-state index in [2.05, 4.69) is 10.5 Å². The Labute approximate surface area is 153 Å². The molecule has 2 rings (SSSR count). The van der Waals surface area contributed by atoms with Gasteiger partial charge in [0.05, 0.1) is 5.69 Å². The minimum Gasteiger partial charge on any atom is -0.457 e. The molecule has 5 N–H and O–H groups in total. The molecule has 2 aromatic carbocycles. The van der Waals surface area contributed by atoms with Gasteiger partial charge in [-0.05, 0) is 36.4 Å². The van der Waals surface area contributed by atoms with Crippen molar-refractivity contribution in [3.05, 3.63) is 47.5 Å². The third-order valence-electron chi connectivity index (χ3n) is 2.93. The number of ether oxygens (including phenoxy) is 1. The number of anilines is 1. The van der Waals surface area contributed by atoms with Gasteiger partial charge in [-0.2, -0.15) is 18.8 Å². The van der Waals surface area contributed by atoms with E-state index in [9.17, 15) is 13.0 Å². The third-order valence-corrected chi connectivity index (χ3v) is 4.08. The second-order valence-electron chi connectivity index (χ2n) is 4.79. The van der Waals surface area contributed by atoms with E-state index in [0.717, 1.165) is 6.07 Å². The molecule has 2 aromatic rings. The van der Waals surface area contributed by atoms with Gasteiger partial charge in [0.15, 0.2) is 5.84 Å². The first-order chi connectivity index (χ1) is 12.2. The molecule has 0 spiro atoms. The third kappa shape index (κ3) is 4.93. The number of nitriles is 1. The maximum Gasteiger partial charge on any atom is 0.296 e. The Hall–Kier alpha value is -3.13. The van der Waals surface area contributed by atoms with E-state index in [-0.39, 0.29) is 11.4 Å². The van der Waals surface area contributed by atoms with Gasteiger partial charge in [0.2, 0.25) is 5.71 Å². The minimum atomic E-state index is -4.63. The fourth-order valence-electron chi connectivity index (χ4n) is 1.77. The maximum absolute atomic E-state index is 11.6. The van der Waals surface area contributed by atoms with Crippen LogP contribution in [0, 0.1) is 16.7 Å². The minimum absolute atomic E-state index is 0.126. The summed E-state index contributed by atoms with van der Waals surface area (Å²) in [5.41, 5.74) is 6.85. The number of hydrogen-bond acceptors (Lipinski definition) is 7. The highest BCUT2D eigenvalue weighted by atomic mass is 35.5. The largest absolute Gasteiger partial charge is 0.457 e. The molecule has 0 aliphatic carbocycles. The predicted octanol–water partition coefficient (Wildman–Crippen LogP) is 2.61. The van der Waals surface area contributed by atoms with Crippen molar-refractivity contribution in [2.45, 2.75) is 4.90 Å². The summed E-state index contributed by atoms with van der Waals surface area (Å²) in [6.07, 6.45) is 0. The summed E-state index contributed by atoms with van der Waals surface area (Å²) in [7, 11) is -4.63. The van der Waals surface area contributed by atoms with Crippen molar-refractivity contribution in [2.24, 2.45) is 10.8 Å². The normalized spacial score (nSPS) is 11.5. The summed E-state index contributed by atoms with van der Waals surface area (Å²) in [6.45, 7) is 0. The summed E-state index contributed by atoms with van der Waals surface area (Å²) < 4.78 is 38.1. The average Bonchev–Trinajstić information content (AvgIpc) is 2.57. The standard InChI is InChI=1S/C15H12ClN5O4S/c16-9-1-3-10(4-2-9)25-11-5-6-12(14(7-11)26(22,23)24)20-21-13(8-17)15(18)19/h1-7,20H,(H3,18,19)(H,22,23,24)/b21-13+. The number of nitrogens with zero attached hydrogens (tertiary/aromatic N) is 2. The van der Waals surface area contributed by atoms with E-state index in [1.165, 1.54) is 12.1 Å². The van der Waals surface area contributed by atoms with E-state index in [0.29, 0.717) is 10.8 Å². The van der Waals surface area contributed by atoms with Gasteiger partial charge in [0, 0.05) is 11.1 Å². The van der Waals surface area contributed by atoms with Crippen LogP contribution in [0.4, 0.5) is 5.69 Å². The highest BCUT2D eigenvalue weighted by molar-refractivity contribution is 7.86. The van der Waals surface area contributed by atoms with Gasteiger partial charge in [0.25, 0.3) is 10.1 Å². The average molecular weight is 394 g/mol. The number of nitrogens with two attached hydrogens (primary N) is 1. The molecule has 0 aliphatic heterocycles. The number of halogens is 1. The second kappa shape index (κ2) is 7.83. The predicted molar refractivity (Wildman–Crippen MR) is 96.4 cm³/mol. The molecule has 0 heterocycles. The molecule has 9 nitrogen and oxygen atoms in total. The number of hydrogen-bond donors (Lipinski definition) is 4. The van der Waals surface area contributed by atoms with Crippen LogP contribution in [0.3, 0.4) is 0 Å². The lowest BCUT2D eigenvalue weighted by Crippen LogP contribution is -2.22. The van der Waals surface area contributed by atoms with Gasteiger partial charge < -0.3 is 10.5 Å². The molecule has 0 atom stereocenters. The van der Waals surface area contributed by atoms with Crippen LogP contribution in [0.15, 0.2) is 52.5 Å².